The van der Waals surface area contributed by atoms with E-state index < -0.39 is 61.7 Å². The Balaban J connectivity index is 2.07. The summed E-state index contributed by atoms with van der Waals surface area (Å²) in [5, 5.41) is 48.5. The van der Waals surface area contributed by atoms with E-state index in [1.807, 2.05) is 0 Å². The molecule has 7 N–H and O–H groups in total. The van der Waals surface area contributed by atoms with E-state index in [-0.39, 0.29) is 6.61 Å². The van der Waals surface area contributed by atoms with Crippen LogP contribution in [0, 0.1) is 0 Å². The van der Waals surface area contributed by atoms with Gasteiger partial charge >= 0.3 is 0 Å². The summed E-state index contributed by atoms with van der Waals surface area (Å²) >= 11 is 0. The molecular formula is C12H23NO8. The summed E-state index contributed by atoms with van der Waals surface area (Å²) in [6.07, 6.45) is -8.96. The fraction of sp³-hybridized carbons (Fsp3) is 1.00. The Morgan fingerprint density at radius 1 is 1.14 bits per heavy atom. The lowest BCUT2D eigenvalue weighted by atomic mass is 9.97. The number of rotatable bonds is 3. The zero-order valence-electron chi connectivity index (χ0n) is 11.6. The third kappa shape index (κ3) is 3.36. The maximum absolute atomic E-state index is 9.95. The molecule has 2 rings (SSSR count). The number of hydrogen-bond donors (Lipinski definition) is 6. The largest absolute Gasteiger partial charge is 0.394 e. The summed E-state index contributed by atoms with van der Waals surface area (Å²) < 4.78 is 16.0. The van der Waals surface area contributed by atoms with Gasteiger partial charge < -0.3 is 45.5 Å². The molecule has 0 aromatic rings. The Morgan fingerprint density at radius 2 is 1.81 bits per heavy atom. The molecule has 9 atom stereocenters. The van der Waals surface area contributed by atoms with Gasteiger partial charge in [-0.3, -0.25) is 0 Å². The molecule has 2 saturated heterocycles. The molecule has 0 saturated carbocycles. The summed E-state index contributed by atoms with van der Waals surface area (Å²) in [5.74, 6) is 0. The standard InChI is InChI=1S/C12H23NO8/c1-4-7(13)9(17)10(18)12(20-4)21-11-6(2-14)19-3-5(15)8(11)16/h4-12,14-18H,2-3,13H2,1H3/t4-,5+,6-,7-,8-,9+,10-,11-,12-/m1/s1. The summed E-state index contributed by atoms with van der Waals surface area (Å²) in [5.41, 5.74) is 5.67. The van der Waals surface area contributed by atoms with Crippen LogP contribution in [0.1, 0.15) is 6.92 Å². The van der Waals surface area contributed by atoms with Crippen molar-refractivity contribution in [1.82, 2.24) is 0 Å². The SMILES string of the molecule is C[C@H]1O[C@H](O[C@H]2[C@H](O)[C@@H](O)CO[C@@H]2CO)[C@H](O)[C@@H](O)[C@@H]1N. The summed E-state index contributed by atoms with van der Waals surface area (Å²) in [4.78, 5) is 0. The van der Waals surface area contributed by atoms with Crippen molar-refractivity contribution in [2.45, 2.75) is 62.0 Å². The fourth-order valence-electron chi connectivity index (χ4n) is 2.50. The molecular weight excluding hydrogens is 286 g/mol. The van der Waals surface area contributed by atoms with Gasteiger partial charge in [-0.25, -0.2) is 0 Å². The highest BCUT2D eigenvalue weighted by Gasteiger charge is 2.46. The van der Waals surface area contributed by atoms with Crippen molar-refractivity contribution in [3.63, 3.8) is 0 Å². The Bertz CT molecular complexity index is 343. The first kappa shape index (κ1) is 17.0. The van der Waals surface area contributed by atoms with Gasteiger partial charge in [0.15, 0.2) is 6.29 Å². The van der Waals surface area contributed by atoms with Gasteiger partial charge in [0.25, 0.3) is 0 Å². The minimum absolute atomic E-state index is 0.135. The topological polar surface area (TPSA) is 155 Å². The van der Waals surface area contributed by atoms with Gasteiger partial charge in [-0.1, -0.05) is 0 Å². The van der Waals surface area contributed by atoms with Crippen LogP contribution in [-0.2, 0) is 14.2 Å². The number of aliphatic hydroxyl groups excluding tert-OH is 5. The van der Waals surface area contributed by atoms with Crippen LogP contribution in [0.4, 0.5) is 0 Å². The molecule has 2 aliphatic heterocycles. The Kier molecular flexibility index (Phi) is 5.52. The van der Waals surface area contributed by atoms with Gasteiger partial charge in [0.05, 0.1) is 25.4 Å². The highest BCUT2D eigenvalue weighted by Crippen LogP contribution is 2.26. The van der Waals surface area contributed by atoms with Gasteiger partial charge in [-0.2, -0.15) is 0 Å². The normalized spacial score (nSPS) is 51.9. The highest BCUT2D eigenvalue weighted by atomic mass is 16.7. The van der Waals surface area contributed by atoms with Gasteiger partial charge in [-0.05, 0) is 6.92 Å². The first-order valence-corrected chi connectivity index (χ1v) is 6.88. The lowest BCUT2D eigenvalue weighted by Gasteiger charge is -2.44. The van der Waals surface area contributed by atoms with Gasteiger partial charge in [0, 0.05) is 0 Å². The molecule has 9 nitrogen and oxygen atoms in total. The first-order valence-electron chi connectivity index (χ1n) is 6.88. The number of aliphatic hydroxyl groups is 5. The average Bonchev–Trinajstić information content (AvgIpc) is 2.47. The molecule has 9 heteroatoms. The second-order valence-electron chi connectivity index (χ2n) is 5.48. The second-order valence-corrected chi connectivity index (χ2v) is 5.48. The van der Waals surface area contributed by atoms with E-state index in [0.717, 1.165) is 0 Å². The Hall–Kier alpha value is -0.360. The number of ether oxygens (including phenoxy) is 3. The zero-order valence-corrected chi connectivity index (χ0v) is 11.6. The van der Waals surface area contributed by atoms with Gasteiger partial charge in [-0.15, -0.1) is 0 Å². The highest BCUT2D eigenvalue weighted by molar-refractivity contribution is 4.93. The molecule has 124 valence electrons. The molecule has 0 bridgehead atoms. The molecule has 0 radical (unpaired) electrons. The Morgan fingerprint density at radius 3 is 2.43 bits per heavy atom. The predicted molar refractivity (Wildman–Crippen MR) is 68.0 cm³/mol. The number of hydrogen-bond acceptors (Lipinski definition) is 9. The van der Waals surface area contributed by atoms with Crippen molar-refractivity contribution in [3.8, 4) is 0 Å². The monoisotopic (exact) mass is 309 g/mol. The maximum Gasteiger partial charge on any atom is 0.187 e. The summed E-state index contributed by atoms with van der Waals surface area (Å²) in [6, 6.07) is -0.772. The first-order chi connectivity index (χ1) is 9.86. The number of nitrogens with two attached hydrogens (primary N) is 1. The van der Waals surface area contributed by atoms with Crippen molar-refractivity contribution in [3.05, 3.63) is 0 Å². The van der Waals surface area contributed by atoms with Crippen LogP contribution in [0.25, 0.3) is 0 Å². The van der Waals surface area contributed by atoms with Crippen LogP contribution < -0.4 is 5.73 Å². The van der Waals surface area contributed by atoms with E-state index in [1.54, 1.807) is 6.92 Å². The molecule has 2 aliphatic rings. The molecule has 0 aliphatic carbocycles. The van der Waals surface area contributed by atoms with Crippen molar-refractivity contribution in [2.75, 3.05) is 13.2 Å². The quantitative estimate of drug-likeness (QED) is 0.309. The molecule has 0 unspecified atom stereocenters. The molecule has 0 amide bonds. The van der Waals surface area contributed by atoms with Crippen LogP contribution in [0.3, 0.4) is 0 Å². The molecule has 2 heterocycles. The van der Waals surface area contributed by atoms with E-state index in [9.17, 15) is 25.5 Å². The lowest BCUT2D eigenvalue weighted by molar-refractivity contribution is -0.318. The maximum atomic E-state index is 9.95. The van der Waals surface area contributed by atoms with Crippen LogP contribution >= 0.6 is 0 Å². The summed E-state index contributed by atoms with van der Waals surface area (Å²) in [6.45, 7) is 1.04. The van der Waals surface area contributed by atoms with Crippen molar-refractivity contribution in [2.24, 2.45) is 5.73 Å². The molecule has 0 aromatic carbocycles. The van der Waals surface area contributed by atoms with E-state index in [2.05, 4.69) is 0 Å². The molecule has 0 spiro atoms. The van der Waals surface area contributed by atoms with Crippen LogP contribution in [-0.4, -0.2) is 93.8 Å². The van der Waals surface area contributed by atoms with Gasteiger partial charge in [0.2, 0.25) is 0 Å². The van der Waals surface area contributed by atoms with Crippen LogP contribution in [0.2, 0.25) is 0 Å². The third-order valence-electron chi connectivity index (χ3n) is 3.96. The Labute approximate surface area is 121 Å². The van der Waals surface area contributed by atoms with E-state index in [0.29, 0.717) is 0 Å². The summed E-state index contributed by atoms with van der Waals surface area (Å²) in [7, 11) is 0. The van der Waals surface area contributed by atoms with Crippen LogP contribution in [0.15, 0.2) is 0 Å². The third-order valence-corrected chi connectivity index (χ3v) is 3.96. The fourth-order valence-corrected chi connectivity index (χ4v) is 2.50. The predicted octanol–water partition coefficient (Wildman–Crippen LogP) is -3.72. The molecule has 21 heavy (non-hydrogen) atoms. The minimum atomic E-state index is -1.41. The van der Waals surface area contributed by atoms with Crippen LogP contribution in [0.5, 0.6) is 0 Å². The minimum Gasteiger partial charge on any atom is -0.394 e. The van der Waals surface area contributed by atoms with E-state index >= 15 is 0 Å². The van der Waals surface area contributed by atoms with Crippen molar-refractivity contribution < 1.29 is 39.7 Å². The second kappa shape index (κ2) is 6.82. The van der Waals surface area contributed by atoms with Crippen molar-refractivity contribution in [1.29, 1.82) is 0 Å². The van der Waals surface area contributed by atoms with Crippen molar-refractivity contribution >= 4 is 0 Å². The van der Waals surface area contributed by atoms with E-state index in [1.165, 1.54) is 0 Å². The van der Waals surface area contributed by atoms with Gasteiger partial charge in [0.1, 0.15) is 36.6 Å². The average molecular weight is 309 g/mol. The van der Waals surface area contributed by atoms with E-state index in [4.69, 9.17) is 19.9 Å². The molecule has 0 aromatic heterocycles. The molecule has 2 fully saturated rings. The zero-order chi connectivity index (χ0) is 15.7. The smallest absolute Gasteiger partial charge is 0.187 e. The lowest BCUT2D eigenvalue weighted by Crippen LogP contribution is -2.63.